The molecule has 0 aromatic heterocycles. The van der Waals surface area contributed by atoms with Crippen LogP contribution in [0.4, 0.5) is 4.79 Å². The summed E-state index contributed by atoms with van der Waals surface area (Å²) in [6.07, 6.45) is 1.90. The van der Waals surface area contributed by atoms with Gasteiger partial charge in [-0.05, 0) is 57.6 Å². The third-order valence-electron chi connectivity index (χ3n) is 6.75. The number of imide groups is 2. The van der Waals surface area contributed by atoms with Crippen molar-refractivity contribution in [3.8, 4) is 0 Å². The lowest BCUT2D eigenvalue weighted by atomic mass is 9.83. The van der Waals surface area contributed by atoms with Gasteiger partial charge in [0, 0.05) is 37.0 Å². The predicted octanol–water partition coefficient (Wildman–Crippen LogP) is 1.71. The number of nitrogens with zero attached hydrogens (tertiary/aromatic N) is 1. The Morgan fingerprint density at radius 1 is 1.24 bits per heavy atom. The summed E-state index contributed by atoms with van der Waals surface area (Å²) >= 11 is -1.50. The van der Waals surface area contributed by atoms with Crippen molar-refractivity contribution in [2.24, 2.45) is 5.92 Å². The summed E-state index contributed by atoms with van der Waals surface area (Å²) in [7, 11) is 0. The number of hydrogen-bond donors (Lipinski definition) is 2. The molecular weight excluding hydrogens is 458 g/mol. The third-order valence-corrected chi connectivity index (χ3v) is 8.44. The molecule has 2 fully saturated rings. The first kappa shape index (κ1) is 24.8. The minimum absolute atomic E-state index is 0.189. The first-order valence-electron chi connectivity index (χ1n) is 11.6. The van der Waals surface area contributed by atoms with Gasteiger partial charge in [0.15, 0.2) is 11.7 Å². The largest absolute Gasteiger partial charge is 0.598 e. The van der Waals surface area contributed by atoms with Crippen LogP contribution in [0.5, 0.6) is 0 Å². The van der Waals surface area contributed by atoms with Crippen LogP contribution in [0.15, 0.2) is 24.3 Å². The maximum absolute atomic E-state index is 13.6. The van der Waals surface area contributed by atoms with Gasteiger partial charge in [0.05, 0.1) is 5.54 Å². The van der Waals surface area contributed by atoms with Crippen LogP contribution in [-0.2, 0) is 42.4 Å². The molecule has 3 aliphatic rings. The van der Waals surface area contributed by atoms with E-state index in [-0.39, 0.29) is 6.42 Å². The van der Waals surface area contributed by atoms with Gasteiger partial charge in [-0.2, -0.15) is 0 Å². The van der Waals surface area contributed by atoms with Gasteiger partial charge in [-0.15, -0.1) is 4.72 Å². The highest BCUT2D eigenvalue weighted by Crippen LogP contribution is 2.42. The van der Waals surface area contributed by atoms with E-state index in [0.717, 1.165) is 16.0 Å². The minimum atomic E-state index is -1.62. The first-order chi connectivity index (χ1) is 16.0. The van der Waals surface area contributed by atoms with Crippen molar-refractivity contribution in [2.75, 3.05) is 13.2 Å². The van der Waals surface area contributed by atoms with Crippen LogP contribution >= 0.6 is 0 Å². The number of nitrogens with one attached hydrogen (secondary N) is 2. The number of carbonyl (C=O) groups is 4. The molecular formula is C24H31N3O6S. The second-order valence-electron chi connectivity index (χ2n) is 10.1. The van der Waals surface area contributed by atoms with E-state index in [1.165, 1.54) is 0 Å². The van der Waals surface area contributed by atoms with E-state index < -0.39 is 57.2 Å². The highest BCUT2D eigenvalue weighted by molar-refractivity contribution is 7.90. The molecule has 2 N–H and O–H groups in total. The number of ether oxygens (including phenoxy) is 1. The number of aryl methyl sites for hydroxylation is 1. The zero-order valence-corrected chi connectivity index (χ0v) is 20.5. The molecule has 2 heterocycles. The number of ketones is 1. The molecule has 10 heteroatoms. The van der Waals surface area contributed by atoms with E-state index in [1.807, 2.05) is 45.0 Å². The number of rotatable bonds is 6. The first-order valence-corrected chi connectivity index (χ1v) is 12.7. The number of amides is 4. The van der Waals surface area contributed by atoms with Crippen molar-refractivity contribution in [3.63, 3.8) is 0 Å². The standard InChI is InChI=1S/C24H31N3O6S/c1-23(2,3)34(32)26-24(11-8-15-6-4-5-7-17(15)24)14-18(28)19-20(29)25-22(31)27(21(19)30)16-9-12-33-13-10-16/h4-7,16,19,26H,8-14H2,1-3H3,(H,25,29,31)/t19?,24-,34?/m1/s1. The van der Waals surface area contributed by atoms with Crippen LogP contribution in [0.25, 0.3) is 0 Å². The van der Waals surface area contributed by atoms with Crippen molar-refractivity contribution in [1.82, 2.24) is 14.9 Å². The van der Waals surface area contributed by atoms with E-state index in [9.17, 15) is 23.7 Å². The SMILES string of the molecule is CC(C)(C)[S+]([O-])N[C@@]1(CC(=O)C2C(=O)NC(=O)N(C3CCOCC3)C2=O)CCc2ccccc21. The normalized spacial score (nSPS) is 26.9. The second kappa shape index (κ2) is 9.41. The summed E-state index contributed by atoms with van der Waals surface area (Å²) in [6.45, 7) is 6.30. The number of fused-ring (bicyclic) bond motifs is 1. The fourth-order valence-electron chi connectivity index (χ4n) is 4.91. The van der Waals surface area contributed by atoms with Crippen molar-refractivity contribution in [2.45, 2.75) is 69.2 Å². The zero-order chi connectivity index (χ0) is 24.7. The van der Waals surface area contributed by atoms with Crippen molar-refractivity contribution in [3.05, 3.63) is 35.4 Å². The molecule has 0 radical (unpaired) electrons. The van der Waals surface area contributed by atoms with Gasteiger partial charge in [-0.25, -0.2) is 4.79 Å². The summed E-state index contributed by atoms with van der Waals surface area (Å²) < 4.78 is 21.0. The third kappa shape index (κ3) is 4.64. The Morgan fingerprint density at radius 2 is 1.91 bits per heavy atom. The molecule has 34 heavy (non-hydrogen) atoms. The Bertz CT molecular complexity index is 1000. The van der Waals surface area contributed by atoms with Crippen LogP contribution in [0.2, 0.25) is 0 Å². The number of benzene rings is 1. The molecule has 3 atom stereocenters. The molecule has 4 rings (SSSR count). The highest BCUT2D eigenvalue weighted by Gasteiger charge is 2.52. The molecule has 9 nitrogen and oxygen atoms in total. The maximum atomic E-state index is 13.6. The van der Waals surface area contributed by atoms with E-state index in [4.69, 9.17) is 4.74 Å². The zero-order valence-electron chi connectivity index (χ0n) is 19.7. The summed E-state index contributed by atoms with van der Waals surface area (Å²) in [6, 6.07) is 6.41. The molecule has 4 amide bonds. The Hall–Kier alpha value is -2.27. The van der Waals surface area contributed by atoms with Gasteiger partial charge in [0.1, 0.15) is 4.75 Å². The van der Waals surface area contributed by atoms with Crippen LogP contribution < -0.4 is 10.0 Å². The molecule has 0 saturated carbocycles. The quantitative estimate of drug-likeness (QED) is 0.460. The molecule has 1 aromatic rings. The predicted molar refractivity (Wildman–Crippen MR) is 125 cm³/mol. The number of hydrogen-bond acceptors (Lipinski definition) is 7. The van der Waals surface area contributed by atoms with E-state index in [1.54, 1.807) is 0 Å². The molecule has 2 aliphatic heterocycles. The topological polar surface area (TPSA) is 128 Å². The number of Topliss-reactive ketones (excluding diaryl/α,β-unsaturated/α-hetero) is 1. The second-order valence-corrected chi connectivity index (χ2v) is 12.1. The Balaban J connectivity index is 1.63. The van der Waals surface area contributed by atoms with Gasteiger partial charge in [-0.1, -0.05) is 24.3 Å². The molecule has 0 spiro atoms. The number of barbiturate groups is 1. The molecule has 2 saturated heterocycles. The maximum Gasteiger partial charge on any atom is 0.331 e. The molecule has 2 unspecified atom stereocenters. The monoisotopic (exact) mass is 489 g/mol. The fourth-order valence-corrected chi connectivity index (χ4v) is 5.85. The summed E-state index contributed by atoms with van der Waals surface area (Å²) in [4.78, 5) is 53.0. The Morgan fingerprint density at radius 3 is 2.59 bits per heavy atom. The average Bonchev–Trinajstić information content (AvgIpc) is 3.11. The van der Waals surface area contributed by atoms with Gasteiger partial charge in [-0.3, -0.25) is 24.6 Å². The van der Waals surface area contributed by atoms with E-state index in [2.05, 4.69) is 10.0 Å². The van der Waals surface area contributed by atoms with Gasteiger partial charge in [0.25, 0.3) is 5.91 Å². The summed E-state index contributed by atoms with van der Waals surface area (Å²) in [5, 5.41) is 2.19. The lowest BCUT2D eigenvalue weighted by Crippen LogP contribution is -2.63. The molecule has 1 aromatic carbocycles. The highest BCUT2D eigenvalue weighted by atomic mass is 32.2. The van der Waals surface area contributed by atoms with Crippen molar-refractivity contribution in [1.29, 1.82) is 0 Å². The lowest BCUT2D eigenvalue weighted by molar-refractivity contribution is -0.150. The van der Waals surface area contributed by atoms with Crippen LogP contribution in [0.1, 0.15) is 57.6 Å². The van der Waals surface area contributed by atoms with Gasteiger partial charge >= 0.3 is 6.03 Å². The summed E-state index contributed by atoms with van der Waals surface area (Å²) in [5.41, 5.74) is 0.909. The summed E-state index contributed by atoms with van der Waals surface area (Å²) in [5.74, 6) is -3.90. The molecule has 0 bridgehead atoms. The van der Waals surface area contributed by atoms with Crippen LogP contribution in [0.3, 0.4) is 0 Å². The minimum Gasteiger partial charge on any atom is -0.598 e. The van der Waals surface area contributed by atoms with Crippen LogP contribution in [0, 0.1) is 5.92 Å². The van der Waals surface area contributed by atoms with E-state index in [0.29, 0.717) is 38.9 Å². The van der Waals surface area contributed by atoms with E-state index >= 15 is 0 Å². The van der Waals surface area contributed by atoms with Crippen LogP contribution in [-0.4, -0.2) is 57.1 Å². The number of urea groups is 1. The van der Waals surface area contributed by atoms with Crippen molar-refractivity contribution < 1.29 is 28.5 Å². The molecule has 1 aliphatic carbocycles. The van der Waals surface area contributed by atoms with Gasteiger partial charge in [0.2, 0.25) is 5.91 Å². The van der Waals surface area contributed by atoms with Gasteiger partial charge < -0.3 is 9.29 Å². The van der Waals surface area contributed by atoms with Crippen molar-refractivity contribution >= 4 is 35.0 Å². The fraction of sp³-hybridized carbons (Fsp3) is 0.583. The Kier molecular flexibility index (Phi) is 6.87. The number of carbonyl (C=O) groups excluding carboxylic acids is 4. The smallest absolute Gasteiger partial charge is 0.331 e. The lowest BCUT2D eigenvalue weighted by Gasteiger charge is -2.38. The Labute approximate surface area is 202 Å². The average molecular weight is 490 g/mol. The molecule has 184 valence electrons.